The largest absolute Gasteiger partial charge is 0.356 e. The fraction of sp³-hybridized carbons (Fsp3) is 0.200. The molecule has 0 amide bonds. The lowest BCUT2D eigenvalue weighted by Crippen LogP contribution is -1.87. The van der Waals surface area contributed by atoms with E-state index < -0.39 is 0 Å². The van der Waals surface area contributed by atoms with Crippen molar-refractivity contribution < 1.29 is 8.78 Å². The van der Waals surface area contributed by atoms with E-state index in [4.69, 9.17) is 0 Å². The molecule has 13 heavy (non-hydrogen) atoms. The van der Waals surface area contributed by atoms with Gasteiger partial charge in [-0.25, -0.2) is 8.78 Å². The van der Waals surface area contributed by atoms with E-state index in [0.717, 1.165) is 5.69 Å². The van der Waals surface area contributed by atoms with Crippen LogP contribution in [0.15, 0.2) is 12.1 Å². The Morgan fingerprint density at radius 2 is 1.85 bits per heavy atom. The van der Waals surface area contributed by atoms with E-state index in [0.29, 0.717) is 10.9 Å². The quantitative estimate of drug-likeness (QED) is 0.642. The Bertz CT molecular complexity index is 471. The normalized spacial score (nSPS) is 11.1. The van der Waals surface area contributed by atoms with Crippen molar-refractivity contribution in [3.05, 3.63) is 35.0 Å². The lowest BCUT2D eigenvalue weighted by atomic mass is 10.1. The highest BCUT2D eigenvalue weighted by atomic mass is 19.1. The molecule has 1 heterocycles. The average Bonchev–Trinajstić information content (AvgIpc) is 2.44. The number of halogens is 2. The van der Waals surface area contributed by atoms with E-state index in [1.807, 2.05) is 0 Å². The molecule has 1 N–H and O–H groups in total. The lowest BCUT2D eigenvalue weighted by molar-refractivity contribution is 0.608. The molecular weight excluding hydrogens is 172 g/mol. The zero-order valence-corrected chi connectivity index (χ0v) is 7.41. The number of aromatic nitrogens is 1. The minimum Gasteiger partial charge on any atom is -0.356 e. The maximum Gasteiger partial charge on any atom is 0.150 e. The zero-order chi connectivity index (χ0) is 9.59. The number of fused-ring (bicyclic) bond motifs is 1. The van der Waals surface area contributed by atoms with Gasteiger partial charge in [-0.1, -0.05) is 0 Å². The van der Waals surface area contributed by atoms with Crippen LogP contribution in [0, 0.1) is 25.5 Å². The van der Waals surface area contributed by atoms with Gasteiger partial charge in [0, 0.05) is 11.1 Å². The Labute approximate surface area is 74.4 Å². The zero-order valence-electron chi connectivity index (χ0n) is 7.41. The molecule has 0 radical (unpaired) electrons. The van der Waals surface area contributed by atoms with Crippen LogP contribution in [-0.4, -0.2) is 4.98 Å². The predicted molar refractivity (Wildman–Crippen MR) is 47.7 cm³/mol. The van der Waals surface area contributed by atoms with Gasteiger partial charge >= 0.3 is 0 Å². The second-order valence-corrected chi connectivity index (χ2v) is 3.23. The number of nitrogens with one attached hydrogen (secondary N) is 1. The van der Waals surface area contributed by atoms with Crippen LogP contribution in [0.25, 0.3) is 10.9 Å². The summed E-state index contributed by atoms with van der Waals surface area (Å²) < 4.78 is 26.6. The summed E-state index contributed by atoms with van der Waals surface area (Å²) in [7, 11) is 0. The van der Waals surface area contributed by atoms with Gasteiger partial charge in [0.05, 0.1) is 5.52 Å². The molecular formula is C10H9F2N. The van der Waals surface area contributed by atoms with Crippen LogP contribution in [0.4, 0.5) is 8.78 Å². The Morgan fingerprint density at radius 3 is 2.54 bits per heavy atom. The topological polar surface area (TPSA) is 15.8 Å². The van der Waals surface area contributed by atoms with Crippen LogP contribution in [0.5, 0.6) is 0 Å². The van der Waals surface area contributed by atoms with Crippen molar-refractivity contribution in [1.82, 2.24) is 4.98 Å². The first-order valence-corrected chi connectivity index (χ1v) is 4.03. The highest BCUT2D eigenvalue weighted by Gasteiger charge is 2.11. The molecule has 0 aliphatic heterocycles. The molecule has 0 fully saturated rings. The SMILES string of the molecule is Cc1cc2c(F)cc(C)c(F)c2[nH]1. The summed E-state index contributed by atoms with van der Waals surface area (Å²) in [5, 5.41) is 0.320. The molecule has 3 heteroatoms. The van der Waals surface area contributed by atoms with Gasteiger partial charge in [0.15, 0.2) is 0 Å². The highest BCUT2D eigenvalue weighted by Crippen LogP contribution is 2.23. The monoisotopic (exact) mass is 181 g/mol. The Kier molecular flexibility index (Phi) is 1.62. The molecule has 0 bridgehead atoms. The van der Waals surface area contributed by atoms with Gasteiger partial charge in [-0.05, 0) is 31.5 Å². The Morgan fingerprint density at radius 1 is 1.15 bits per heavy atom. The summed E-state index contributed by atoms with van der Waals surface area (Å²) in [6, 6.07) is 2.82. The van der Waals surface area contributed by atoms with Crippen LogP contribution in [-0.2, 0) is 0 Å². The predicted octanol–water partition coefficient (Wildman–Crippen LogP) is 3.06. The summed E-state index contributed by atoms with van der Waals surface area (Å²) in [5.41, 5.74) is 1.35. The smallest absolute Gasteiger partial charge is 0.150 e. The van der Waals surface area contributed by atoms with Gasteiger partial charge < -0.3 is 4.98 Å². The van der Waals surface area contributed by atoms with Crippen molar-refractivity contribution in [2.75, 3.05) is 0 Å². The second kappa shape index (κ2) is 2.55. The number of aryl methyl sites for hydroxylation is 2. The van der Waals surface area contributed by atoms with E-state index in [2.05, 4.69) is 4.98 Å². The third-order valence-corrected chi connectivity index (χ3v) is 2.12. The third-order valence-electron chi connectivity index (χ3n) is 2.12. The molecule has 0 spiro atoms. The summed E-state index contributed by atoms with van der Waals surface area (Å²) in [5.74, 6) is -0.747. The van der Waals surface area contributed by atoms with Crippen molar-refractivity contribution in [3.8, 4) is 0 Å². The van der Waals surface area contributed by atoms with Gasteiger partial charge in [0.25, 0.3) is 0 Å². The van der Waals surface area contributed by atoms with Gasteiger partial charge in [-0.2, -0.15) is 0 Å². The molecule has 0 aliphatic rings. The standard InChI is InChI=1S/C10H9F2N/c1-5-3-8(11)7-4-6(2)13-10(7)9(5)12/h3-4,13H,1-2H3. The van der Waals surface area contributed by atoms with Gasteiger partial charge in [-0.15, -0.1) is 0 Å². The van der Waals surface area contributed by atoms with Crippen molar-refractivity contribution in [2.45, 2.75) is 13.8 Å². The number of hydrogen-bond acceptors (Lipinski definition) is 0. The molecule has 2 rings (SSSR count). The van der Waals surface area contributed by atoms with Crippen molar-refractivity contribution >= 4 is 10.9 Å². The molecule has 0 saturated heterocycles. The van der Waals surface area contributed by atoms with Crippen molar-refractivity contribution in [1.29, 1.82) is 0 Å². The molecule has 0 atom stereocenters. The lowest BCUT2D eigenvalue weighted by Gasteiger charge is -1.98. The third kappa shape index (κ3) is 1.11. The number of hydrogen-bond donors (Lipinski definition) is 1. The summed E-state index contributed by atoms with van der Waals surface area (Å²) in [6.45, 7) is 3.32. The second-order valence-electron chi connectivity index (χ2n) is 3.23. The van der Waals surface area contributed by atoms with E-state index in [9.17, 15) is 8.78 Å². The summed E-state index contributed by atoms with van der Waals surface area (Å²) in [4.78, 5) is 2.79. The minimum atomic E-state index is -0.377. The first-order chi connectivity index (χ1) is 6.09. The van der Waals surface area contributed by atoms with Gasteiger partial charge in [0.1, 0.15) is 11.6 Å². The first kappa shape index (κ1) is 8.23. The van der Waals surface area contributed by atoms with Gasteiger partial charge in [0.2, 0.25) is 0 Å². The molecule has 0 saturated carbocycles. The van der Waals surface area contributed by atoms with Crippen LogP contribution in [0.1, 0.15) is 11.3 Å². The van der Waals surface area contributed by atoms with Crippen LogP contribution in [0.2, 0.25) is 0 Å². The minimum absolute atomic E-state index is 0.259. The van der Waals surface area contributed by atoms with E-state index in [1.165, 1.54) is 6.07 Å². The van der Waals surface area contributed by atoms with Crippen molar-refractivity contribution in [2.24, 2.45) is 0 Å². The number of aromatic amines is 1. The Balaban J connectivity index is 2.95. The molecule has 2 aromatic rings. The number of H-pyrrole nitrogens is 1. The maximum absolute atomic E-state index is 13.4. The summed E-state index contributed by atoms with van der Waals surface area (Å²) >= 11 is 0. The molecule has 68 valence electrons. The fourth-order valence-electron chi connectivity index (χ4n) is 1.48. The molecule has 1 aromatic heterocycles. The highest BCUT2D eigenvalue weighted by molar-refractivity contribution is 5.82. The maximum atomic E-state index is 13.4. The number of benzene rings is 1. The first-order valence-electron chi connectivity index (χ1n) is 4.03. The van der Waals surface area contributed by atoms with E-state index >= 15 is 0 Å². The average molecular weight is 181 g/mol. The van der Waals surface area contributed by atoms with Crippen LogP contribution < -0.4 is 0 Å². The van der Waals surface area contributed by atoms with E-state index in [1.54, 1.807) is 19.9 Å². The van der Waals surface area contributed by atoms with Crippen molar-refractivity contribution in [3.63, 3.8) is 0 Å². The van der Waals surface area contributed by atoms with Gasteiger partial charge in [-0.3, -0.25) is 0 Å². The summed E-state index contributed by atoms with van der Waals surface area (Å²) in [6.07, 6.45) is 0. The molecule has 0 unspecified atom stereocenters. The fourth-order valence-corrected chi connectivity index (χ4v) is 1.48. The van der Waals surface area contributed by atoms with Crippen LogP contribution in [0.3, 0.4) is 0 Å². The number of rotatable bonds is 0. The molecule has 1 aromatic carbocycles. The Hall–Kier alpha value is -1.38. The van der Waals surface area contributed by atoms with E-state index in [-0.39, 0.29) is 17.2 Å². The van der Waals surface area contributed by atoms with Crippen LogP contribution >= 0.6 is 0 Å². The molecule has 1 nitrogen and oxygen atoms in total. The molecule has 0 aliphatic carbocycles.